The van der Waals surface area contributed by atoms with Crippen LogP contribution >= 0.6 is 0 Å². The van der Waals surface area contributed by atoms with Crippen molar-refractivity contribution in [3.8, 4) is 0 Å². The van der Waals surface area contributed by atoms with Gasteiger partial charge in [-0.1, -0.05) is 11.6 Å². The van der Waals surface area contributed by atoms with Gasteiger partial charge in [0.25, 0.3) is 0 Å². The molecule has 1 saturated carbocycles. The van der Waals surface area contributed by atoms with E-state index in [1.165, 1.54) is 5.56 Å². The van der Waals surface area contributed by atoms with Crippen molar-refractivity contribution in [2.75, 3.05) is 0 Å². The van der Waals surface area contributed by atoms with E-state index in [4.69, 9.17) is 4.42 Å². The fraction of sp³-hybridized carbons (Fsp3) is 0.429. The van der Waals surface area contributed by atoms with E-state index in [0.717, 1.165) is 35.1 Å². The number of furan rings is 1. The van der Waals surface area contributed by atoms with Gasteiger partial charge in [-0.05, 0) is 50.3 Å². The predicted molar refractivity (Wildman–Crippen MR) is 63.4 cm³/mol. The second-order valence-corrected chi connectivity index (χ2v) is 4.93. The molecular weight excluding hydrogens is 200 g/mol. The van der Waals surface area contributed by atoms with Gasteiger partial charge in [0.2, 0.25) is 0 Å². The second-order valence-electron chi connectivity index (χ2n) is 4.93. The van der Waals surface area contributed by atoms with Crippen LogP contribution in [0.1, 0.15) is 35.8 Å². The first-order valence-electron chi connectivity index (χ1n) is 5.84. The third kappa shape index (κ3) is 1.54. The minimum Gasteiger partial charge on any atom is -0.458 e. The number of aliphatic hydroxyl groups is 1. The maximum absolute atomic E-state index is 10.0. The van der Waals surface area contributed by atoms with E-state index in [-0.39, 0.29) is 0 Å². The van der Waals surface area contributed by atoms with Crippen LogP contribution in [0, 0.1) is 19.8 Å². The molecule has 2 aromatic rings. The highest BCUT2D eigenvalue weighted by Crippen LogP contribution is 2.42. The van der Waals surface area contributed by atoms with Gasteiger partial charge in [-0.25, -0.2) is 0 Å². The highest BCUT2D eigenvalue weighted by molar-refractivity contribution is 5.81. The Hall–Kier alpha value is -1.28. The first kappa shape index (κ1) is 9.91. The molecule has 0 bridgehead atoms. The third-order valence-corrected chi connectivity index (χ3v) is 3.33. The zero-order valence-electron chi connectivity index (χ0n) is 9.66. The number of aliphatic hydroxyl groups excluding tert-OH is 1. The van der Waals surface area contributed by atoms with Crippen LogP contribution in [-0.4, -0.2) is 5.11 Å². The van der Waals surface area contributed by atoms with E-state index in [1.54, 1.807) is 0 Å². The van der Waals surface area contributed by atoms with Crippen molar-refractivity contribution in [2.45, 2.75) is 32.8 Å². The summed E-state index contributed by atoms with van der Waals surface area (Å²) >= 11 is 0. The van der Waals surface area contributed by atoms with Crippen molar-refractivity contribution in [3.63, 3.8) is 0 Å². The number of fused-ring (bicyclic) bond motifs is 1. The van der Waals surface area contributed by atoms with E-state index in [0.29, 0.717) is 5.92 Å². The molecule has 1 aliphatic rings. The average molecular weight is 216 g/mol. The summed E-state index contributed by atoms with van der Waals surface area (Å²) < 4.78 is 5.77. The Morgan fingerprint density at radius 1 is 1.25 bits per heavy atom. The molecule has 3 rings (SSSR count). The van der Waals surface area contributed by atoms with Crippen LogP contribution in [-0.2, 0) is 0 Å². The molecule has 2 heteroatoms. The van der Waals surface area contributed by atoms with Crippen LogP contribution in [0.5, 0.6) is 0 Å². The van der Waals surface area contributed by atoms with Crippen LogP contribution in [0.2, 0.25) is 0 Å². The average Bonchev–Trinajstić information content (AvgIpc) is 2.97. The van der Waals surface area contributed by atoms with Crippen LogP contribution < -0.4 is 0 Å². The maximum atomic E-state index is 10.0. The van der Waals surface area contributed by atoms with Gasteiger partial charge in [-0.2, -0.15) is 0 Å². The molecule has 1 aromatic heterocycles. The summed E-state index contributed by atoms with van der Waals surface area (Å²) in [6, 6.07) is 6.20. The fourth-order valence-corrected chi connectivity index (χ4v) is 2.32. The van der Waals surface area contributed by atoms with Crippen LogP contribution in [0.25, 0.3) is 11.0 Å². The van der Waals surface area contributed by atoms with Gasteiger partial charge in [-0.3, -0.25) is 0 Å². The Labute approximate surface area is 94.9 Å². The lowest BCUT2D eigenvalue weighted by Crippen LogP contribution is -1.96. The number of benzene rings is 1. The van der Waals surface area contributed by atoms with E-state index >= 15 is 0 Å². The Bertz CT molecular complexity index is 535. The normalized spacial score (nSPS) is 17.9. The summed E-state index contributed by atoms with van der Waals surface area (Å²) in [4.78, 5) is 0. The number of rotatable bonds is 2. The lowest BCUT2D eigenvalue weighted by molar-refractivity contribution is 0.129. The molecule has 16 heavy (non-hydrogen) atoms. The Balaban J connectivity index is 2.11. The minimum absolute atomic E-state index is 0.410. The molecule has 1 aromatic carbocycles. The van der Waals surface area contributed by atoms with Crippen molar-refractivity contribution < 1.29 is 9.52 Å². The summed E-state index contributed by atoms with van der Waals surface area (Å²) in [5.74, 6) is 1.15. The standard InChI is InChI=1S/C14H16O2/c1-8-5-9(2)14-11(6-8)7-12(16-14)13(15)10-3-4-10/h5-7,10,13,15H,3-4H2,1-2H3. The lowest BCUT2D eigenvalue weighted by Gasteiger charge is -2.03. The molecular formula is C14H16O2. The summed E-state index contributed by atoms with van der Waals surface area (Å²) in [6.07, 6.45) is 1.83. The second kappa shape index (κ2) is 3.36. The van der Waals surface area contributed by atoms with Crippen molar-refractivity contribution in [1.29, 1.82) is 0 Å². The van der Waals surface area contributed by atoms with Gasteiger partial charge < -0.3 is 9.52 Å². The van der Waals surface area contributed by atoms with E-state index in [9.17, 15) is 5.11 Å². The Morgan fingerprint density at radius 2 is 2.00 bits per heavy atom. The van der Waals surface area contributed by atoms with Gasteiger partial charge in [0.05, 0.1) is 0 Å². The molecule has 1 aliphatic carbocycles. The summed E-state index contributed by atoms with van der Waals surface area (Å²) in [5.41, 5.74) is 3.29. The molecule has 1 unspecified atom stereocenters. The van der Waals surface area contributed by atoms with Gasteiger partial charge in [0.15, 0.2) is 0 Å². The van der Waals surface area contributed by atoms with Gasteiger partial charge >= 0.3 is 0 Å². The molecule has 1 heterocycles. The molecule has 1 N–H and O–H groups in total. The fourth-order valence-electron chi connectivity index (χ4n) is 2.32. The molecule has 0 spiro atoms. The third-order valence-electron chi connectivity index (χ3n) is 3.33. The molecule has 1 atom stereocenters. The zero-order chi connectivity index (χ0) is 11.3. The smallest absolute Gasteiger partial charge is 0.137 e. The molecule has 0 amide bonds. The van der Waals surface area contributed by atoms with Crippen molar-refractivity contribution in [1.82, 2.24) is 0 Å². The first-order valence-corrected chi connectivity index (χ1v) is 5.84. The molecule has 0 aliphatic heterocycles. The van der Waals surface area contributed by atoms with Crippen molar-refractivity contribution in [2.24, 2.45) is 5.92 Å². The van der Waals surface area contributed by atoms with Crippen molar-refractivity contribution >= 4 is 11.0 Å². The van der Waals surface area contributed by atoms with Gasteiger partial charge in [-0.15, -0.1) is 0 Å². The van der Waals surface area contributed by atoms with Crippen molar-refractivity contribution in [3.05, 3.63) is 35.1 Å². The molecule has 84 valence electrons. The summed E-state index contributed by atoms with van der Waals surface area (Å²) in [6.45, 7) is 4.13. The molecule has 1 fully saturated rings. The monoisotopic (exact) mass is 216 g/mol. The maximum Gasteiger partial charge on any atom is 0.137 e. The first-order chi connectivity index (χ1) is 7.65. The molecule has 0 radical (unpaired) electrons. The highest BCUT2D eigenvalue weighted by atomic mass is 16.4. The molecule has 2 nitrogen and oxygen atoms in total. The Morgan fingerprint density at radius 3 is 2.69 bits per heavy atom. The zero-order valence-corrected chi connectivity index (χ0v) is 9.66. The van der Waals surface area contributed by atoms with E-state index < -0.39 is 6.10 Å². The quantitative estimate of drug-likeness (QED) is 0.833. The lowest BCUT2D eigenvalue weighted by atomic mass is 10.1. The van der Waals surface area contributed by atoms with E-state index in [2.05, 4.69) is 19.1 Å². The predicted octanol–water partition coefficient (Wildman–Crippen LogP) is 3.49. The highest BCUT2D eigenvalue weighted by Gasteiger charge is 2.33. The number of hydrogen-bond acceptors (Lipinski definition) is 2. The van der Waals surface area contributed by atoms with E-state index in [1.807, 2.05) is 13.0 Å². The summed E-state index contributed by atoms with van der Waals surface area (Å²) in [7, 11) is 0. The van der Waals surface area contributed by atoms with Gasteiger partial charge in [0.1, 0.15) is 17.4 Å². The molecule has 0 saturated heterocycles. The number of aryl methyl sites for hydroxylation is 2. The Kier molecular flexibility index (Phi) is 2.08. The van der Waals surface area contributed by atoms with Gasteiger partial charge in [0, 0.05) is 5.39 Å². The summed E-state index contributed by atoms with van der Waals surface area (Å²) in [5, 5.41) is 11.1. The SMILES string of the molecule is Cc1cc(C)c2oc(C(O)C3CC3)cc2c1. The van der Waals surface area contributed by atoms with Crippen LogP contribution in [0.4, 0.5) is 0 Å². The minimum atomic E-state index is -0.410. The topological polar surface area (TPSA) is 33.4 Å². The van der Waals surface area contributed by atoms with Crippen LogP contribution in [0.3, 0.4) is 0 Å². The number of hydrogen-bond donors (Lipinski definition) is 1. The largest absolute Gasteiger partial charge is 0.458 e. The van der Waals surface area contributed by atoms with Crippen LogP contribution in [0.15, 0.2) is 22.6 Å².